The highest BCUT2D eigenvalue weighted by atomic mass is 19.1. The number of rotatable bonds is 4. The smallest absolute Gasteiger partial charge is 0.253 e. The topological polar surface area (TPSA) is 55.6 Å². The Bertz CT molecular complexity index is 465. The van der Waals surface area contributed by atoms with Crippen molar-refractivity contribution < 1.29 is 13.9 Å². The van der Waals surface area contributed by atoms with Crippen molar-refractivity contribution in [1.29, 1.82) is 0 Å². The summed E-state index contributed by atoms with van der Waals surface area (Å²) in [5.41, 5.74) is 5.89. The summed E-state index contributed by atoms with van der Waals surface area (Å²) in [7, 11) is 1.40. The summed E-state index contributed by atoms with van der Waals surface area (Å²) >= 11 is 0. The molecule has 1 amide bonds. The molecule has 1 fully saturated rings. The number of hydrogen-bond donors (Lipinski definition) is 1. The van der Waals surface area contributed by atoms with Crippen molar-refractivity contribution in [2.75, 3.05) is 26.7 Å². The van der Waals surface area contributed by atoms with E-state index in [0.717, 1.165) is 19.4 Å². The van der Waals surface area contributed by atoms with E-state index in [-0.39, 0.29) is 11.7 Å². The minimum atomic E-state index is -0.508. The number of carbonyl (C=O) groups excluding carboxylic acids is 1. The average Bonchev–Trinajstić information content (AvgIpc) is 2.87. The molecule has 0 spiro atoms. The summed E-state index contributed by atoms with van der Waals surface area (Å²) in [6, 6.07) is 4.31. The molecule has 1 heterocycles. The van der Waals surface area contributed by atoms with Gasteiger partial charge < -0.3 is 15.4 Å². The Hall–Kier alpha value is -1.62. The number of carbonyl (C=O) groups is 1. The van der Waals surface area contributed by atoms with E-state index in [1.807, 2.05) is 0 Å². The molecule has 104 valence electrons. The van der Waals surface area contributed by atoms with Crippen molar-refractivity contribution in [3.8, 4) is 5.75 Å². The first-order chi connectivity index (χ1) is 9.15. The molecule has 1 unspecified atom stereocenters. The van der Waals surface area contributed by atoms with Gasteiger partial charge in [0.25, 0.3) is 5.91 Å². The number of amides is 1. The maximum absolute atomic E-state index is 13.6. The highest BCUT2D eigenvalue weighted by Gasteiger charge is 2.26. The monoisotopic (exact) mass is 266 g/mol. The van der Waals surface area contributed by atoms with Gasteiger partial charge in [-0.15, -0.1) is 0 Å². The molecule has 2 rings (SSSR count). The van der Waals surface area contributed by atoms with Crippen molar-refractivity contribution >= 4 is 5.91 Å². The van der Waals surface area contributed by atoms with Gasteiger partial charge in [-0.1, -0.05) is 0 Å². The molecule has 1 aromatic rings. The molecule has 19 heavy (non-hydrogen) atoms. The van der Waals surface area contributed by atoms with Crippen molar-refractivity contribution in [3.05, 3.63) is 29.6 Å². The van der Waals surface area contributed by atoms with Gasteiger partial charge in [0.1, 0.15) is 0 Å². The molecule has 2 N–H and O–H groups in total. The molecule has 1 aliphatic rings. The Kier molecular flexibility index (Phi) is 4.37. The number of halogens is 1. The largest absolute Gasteiger partial charge is 0.494 e. The number of hydrogen-bond acceptors (Lipinski definition) is 3. The maximum Gasteiger partial charge on any atom is 0.253 e. The van der Waals surface area contributed by atoms with Crippen LogP contribution in [0.3, 0.4) is 0 Å². The quantitative estimate of drug-likeness (QED) is 0.901. The van der Waals surface area contributed by atoms with Crippen molar-refractivity contribution in [1.82, 2.24) is 4.90 Å². The number of likely N-dealkylation sites (tertiary alicyclic amines) is 1. The molecule has 5 heteroatoms. The summed E-state index contributed by atoms with van der Waals surface area (Å²) in [6.07, 6.45) is 1.91. The Morgan fingerprint density at radius 3 is 3.00 bits per heavy atom. The van der Waals surface area contributed by atoms with Gasteiger partial charge in [0.05, 0.1) is 7.11 Å². The van der Waals surface area contributed by atoms with Crippen LogP contribution in [0.2, 0.25) is 0 Å². The predicted octanol–water partition coefficient (Wildman–Crippen LogP) is 1.65. The first-order valence-electron chi connectivity index (χ1n) is 6.48. The molecule has 1 aromatic carbocycles. The number of methoxy groups -OCH3 is 1. The number of ether oxygens (including phenoxy) is 1. The van der Waals surface area contributed by atoms with E-state index in [9.17, 15) is 9.18 Å². The van der Waals surface area contributed by atoms with Gasteiger partial charge in [-0.2, -0.15) is 0 Å². The molecule has 1 atom stereocenters. The number of nitrogens with two attached hydrogens (primary N) is 1. The molecular weight excluding hydrogens is 247 g/mol. The Labute approximate surface area is 112 Å². The molecule has 0 aromatic heterocycles. The Balaban J connectivity index is 2.06. The van der Waals surface area contributed by atoms with E-state index in [1.54, 1.807) is 11.0 Å². The van der Waals surface area contributed by atoms with E-state index < -0.39 is 5.82 Å². The third-order valence-electron chi connectivity index (χ3n) is 3.55. The maximum atomic E-state index is 13.6. The van der Waals surface area contributed by atoms with E-state index in [0.29, 0.717) is 24.6 Å². The lowest BCUT2D eigenvalue weighted by Crippen LogP contribution is -2.29. The Morgan fingerprint density at radius 2 is 2.37 bits per heavy atom. The highest BCUT2D eigenvalue weighted by molar-refractivity contribution is 5.94. The fourth-order valence-electron chi connectivity index (χ4n) is 2.47. The molecule has 1 aliphatic heterocycles. The van der Waals surface area contributed by atoms with Crippen LogP contribution in [-0.4, -0.2) is 37.6 Å². The number of benzene rings is 1. The van der Waals surface area contributed by atoms with E-state index >= 15 is 0 Å². The summed E-state index contributed by atoms with van der Waals surface area (Å²) in [4.78, 5) is 14.0. The van der Waals surface area contributed by atoms with Gasteiger partial charge in [-0.05, 0) is 43.5 Å². The first kappa shape index (κ1) is 13.8. The van der Waals surface area contributed by atoms with Gasteiger partial charge >= 0.3 is 0 Å². The molecule has 0 bridgehead atoms. The van der Waals surface area contributed by atoms with Crippen LogP contribution in [-0.2, 0) is 0 Å². The highest BCUT2D eigenvalue weighted by Crippen LogP contribution is 2.23. The molecular formula is C14H19FN2O2. The summed E-state index contributed by atoms with van der Waals surface area (Å²) in [6.45, 7) is 2.07. The molecule has 0 saturated carbocycles. The molecule has 1 saturated heterocycles. The lowest BCUT2D eigenvalue weighted by atomic mass is 10.1. The SMILES string of the molecule is COc1ccc(C(=O)N2CCC(CCN)C2)cc1F. The van der Waals surface area contributed by atoms with Crippen LogP contribution in [0.25, 0.3) is 0 Å². The third kappa shape index (κ3) is 3.04. The van der Waals surface area contributed by atoms with Gasteiger partial charge in [-0.3, -0.25) is 4.79 Å². The Morgan fingerprint density at radius 1 is 1.58 bits per heavy atom. The van der Waals surface area contributed by atoms with E-state index in [1.165, 1.54) is 19.2 Å². The van der Waals surface area contributed by atoms with Crippen molar-refractivity contribution in [3.63, 3.8) is 0 Å². The average molecular weight is 266 g/mol. The zero-order valence-electron chi connectivity index (χ0n) is 11.1. The van der Waals surface area contributed by atoms with Gasteiger partial charge in [-0.25, -0.2) is 4.39 Å². The van der Waals surface area contributed by atoms with Crippen LogP contribution in [0.15, 0.2) is 18.2 Å². The fourth-order valence-corrected chi connectivity index (χ4v) is 2.47. The predicted molar refractivity (Wildman–Crippen MR) is 70.6 cm³/mol. The summed E-state index contributed by atoms with van der Waals surface area (Å²) < 4.78 is 18.4. The standard InChI is InChI=1S/C14H19FN2O2/c1-19-13-3-2-11(8-12(13)15)14(18)17-7-5-10(9-17)4-6-16/h2-3,8,10H,4-7,9,16H2,1H3. The molecule has 4 nitrogen and oxygen atoms in total. The van der Waals surface area contributed by atoms with Crippen LogP contribution in [0.5, 0.6) is 5.75 Å². The summed E-state index contributed by atoms with van der Waals surface area (Å²) in [5.74, 6) is -0.0110. The van der Waals surface area contributed by atoms with Gasteiger partial charge in [0, 0.05) is 18.7 Å². The fraction of sp³-hybridized carbons (Fsp3) is 0.500. The molecule has 0 aliphatic carbocycles. The van der Waals surface area contributed by atoms with Crippen molar-refractivity contribution in [2.24, 2.45) is 11.7 Å². The molecule has 0 radical (unpaired) electrons. The lowest BCUT2D eigenvalue weighted by Gasteiger charge is -2.17. The van der Waals surface area contributed by atoms with Crippen LogP contribution >= 0.6 is 0 Å². The number of nitrogens with zero attached hydrogens (tertiary/aromatic N) is 1. The van der Waals surface area contributed by atoms with Gasteiger partial charge in [0.2, 0.25) is 0 Å². The van der Waals surface area contributed by atoms with Crippen molar-refractivity contribution in [2.45, 2.75) is 12.8 Å². The first-order valence-corrected chi connectivity index (χ1v) is 6.48. The second-order valence-electron chi connectivity index (χ2n) is 4.83. The van der Waals surface area contributed by atoms with Crippen LogP contribution in [0.1, 0.15) is 23.2 Å². The van der Waals surface area contributed by atoms with Gasteiger partial charge in [0.15, 0.2) is 11.6 Å². The third-order valence-corrected chi connectivity index (χ3v) is 3.55. The van der Waals surface area contributed by atoms with E-state index in [4.69, 9.17) is 10.5 Å². The second kappa shape index (κ2) is 6.02. The van der Waals surface area contributed by atoms with Crippen LogP contribution < -0.4 is 10.5 Å². The lowest BCUT2D eigenvalue weighted by molar-refractivity contribution is 0.0786. The minimum Gasteiger partial charge on any atom is -0.494 e. The van der Waals surface area contributed by atoms with Crippen LogP contribution in [0.4, 0.5) is 4.39 Å². The minimum absolute atomic E-state index is 0.124. The zero-order valence-corrected chi connectivity index (χ0v) is 11.1. The zero-order chi connectivity index (χ0) is 13.8. The van der Waals surface area contributed by atoms with E-state index in [2.05, 4.69) is 0 Å². The normalized spacial score (nSPS) is 18.7. The second-order valence-corrected chi connectivity index (χ2v) is 4.83. The van der Waals surface area contributed by atoms with Crippen LogP contribution in [0, 0.1) is 11.7 Å². The summed E-state index contributed by atoms with van der Waals surface area (Å²) in [5, 5.41) is 0.